The van der Waals surface area contributed by atoms with Gasteiger partial charge in [-0.1, -0.05) is 18.2 Å². The lowest BCUT2D eigenvalue weighted by atomic mass is 10.2. The van der Waals surface area contributed by atoms with Gasteiger partial charge in [-0.05, 0) is 6.07 Å². The third-order valence-corrected chi connectivity index (χ3v) is 3.74. The van der Waals surface area contributed by atoms with E-state index in [0.717, 1.165) is 15.5 Å². The number of carbonyl (C=O) groups is 1. The predicted octanol–water partition coefficient (Wildman–Crippen LogP) is 1.53. The molecule has 84 valence electrons. The largest absolute Gasteiger partial charge is 0.382 e. The van der Waals surface area contributed by atoms with Crippen LogP contribution in [0.3, 0.4) is 0 Å². The van der Waals surface area contributed by atoms with Crippen LogP contribution in [-0.2, 0) is 0 Å². The summed E-state index contributed by atoms with van der Waals surface area (Å²) in [6.07, 6.45) is 0. The second-order valence-corrected chi connectivity index (χ2v) is 4.65. The van der Waals surface area contributed by atoms with Gasteiger partial charge in [-0.25, -0.2) is 0 Å². The summed E-state index contributed by atoms with van der Waals surface area (Å²) >= 11 is 1.45. The number of hydrogen-bond donors (Lipinski definition) is 2. The SMILES string of the molecule is NC(=O)c1nnc(N)c2c1sc1ccccc12. The number of nitrogens with zero attached hydrogens (tertiary/aromatic N) is 2. The minimum atomic E-state index is -0.589. The molecule has 0 saturated heterocycles. The van der Waals surface area contributed by atoms with E-state index in [1.807, 2.05) is 24.3 Å². The molecule has 5 nitrogen and oxygen atoms in total. The number of benzene rings is 1. The molecule has 3 rings (SSSR count). The van der Waals surface area contributed by atoms with Gasteiger partial charge < -0.3 is 11.5 Å². The summed E-state index contributed by atoms with van der Waals surface area (Å²) in [6.45, 7) is 0. The van der Waals surface area contributed by atoms with Crippen LogP contribution >= 0.6 is 11.3 Å². The fourth-order valence-electron chi connectivity index (χ4n) is 1.83. The Balaban J connectivity index is 2.58. The zero-order valence-electron chi connectivity index (χ0n) is 8.68. The van der Waals surface area contributed by atoms with Gasteiger partial charge in [0.05, 0.1) is 4.70 Å². The second kappa shape index (κ2) is 3.39. The normalized spacial score (nSPS) is 11.1. The average molecular weight is 244 g/mol. The first-order valence-electron chi connectivity index (χ1n) is 4.91. The fraction of sp³-hybridized carbons (Fsp3) is 0. The predicted molar refractivity (Wildman–Crippen MR) is 67.9 cm³/mol. The molecule has 0 spiro atoms. The Labute approximate surface area is 100 Å². The lowest BCUT2D eigenvalue weighted by Crippen LogP contribution is -2.14. The van der Waals surface area contributed by atoms with E-state index in [9.17, 15) is 4.79 Å². The van der Waals surface area contributed by atoms with E-state index in [1.165, 1.54) is 11.3 Å². The van der Waals surface area contributed by atoms with Crippen LogP contribution in [-0.4, -0.2) is 16.1 Å². The van der Waals surface area contributed by atoms with Crippen molar-refractivity contribution in [2.45, 2.75) is 0 Å². The molecule has 17 heavy (non-hydrogen) atoms. The molecule has 0 fully saturated rings. The van der Waals surface area contributed by atoms with Crippen molar-refractivity contribution in [3.05, 3.63) is 30.0 Å². The number of amides is 1. The molecule has 2 aromatic heterocycles. The molecule has 4 N–H and O–H groups in total. The highest BCUT2D eigenvalue weighted by Gasteiger charge is 2.16. The van der Waals surface area contributed by atoms with Crippen molar-refractivity contribution >= 4 is 43.2 Å². The molecule has 2 heterocycles. The maximum atomic E-state index is 11.3. The van der Waals surface area contributed by atoms with Crippen LogP contribution in [0.4, 0.5) is 5.82 Å². The molecule has 0 saturated carbocycles. The molecule has 0 aliphatic carbocycles. The minimum absolute atomic E-state index is 0.176. The number of primary amides is 1. The lowest BCUT2D eigenvalue weighted by Gasteiger charge is -1.98. The van der Waals surface area contributed by atoms with Gasteiger partial charge in [0.15, 0.2) is 11.5 Å². The maximum absolute atomic E-state index is 11.3. The second-order valence-electron chi connectivity index (χ2n) is 3.60. The van der Waals surface area contributed by atoms with Crippen molar-refractivity contribution in [1.29, 1.82) is 0 Å². The number of nitrogen functional groups attached to an aromatic ring is 1. The third-order valence-electron chi connectivity index (χ3n) is 2.56. The average Bonchev–Trinajstić information content (AvgIpc) is 2.68. The van der Waals surface area contributed by atoms with Crippen LogP contribution in [0.5, 0.6) is 0 Å². The third kappa shape index (κ3) is 1.34. The summed E-state index contributed by atoms with van der Waals surface area (Å²) in [5.74, 6) is -0.267. The van der Waals surface area contributed by atoms with Crippen molar-refractivity contribution in [3.63, 3.8) is 0 Å². The summed E-state index contributed by atoms with van der Waals surface area (Å²) in [4.78, 5) is 11.3. The molecule has 1 aromatic carbocycles. The highest BCUT2D eigenvalue weighted by molar-refractivity contribution is 7.26. The first kappa shape index (κ1) is 9.98. The van der Waals surface area contributed by atoms with Crippen LogP contribution in [0.25, 0.3) is 20.2 Å². The van der Waals surface area contributed by atoms with E-state index < -0.39 is 5.91 Å². The number of anilines is 1. The zero-order valence-corrected chi connectivity index (χ0v) is 9.49. The van der Waals surface area contributed by atoms with Gasteiger partial charge in [0.1, 0.15) is 0 Å². The summed E-state index contributed by atoms with van der Waals surface area (Å²) in [7, 11) is 0. The van der Waals surface area contributed by atoms with Gasteiger partial charge in [0.25, 0.3) is 5.91 Å². The van der Waals surface area contributed by atoms with Crippen LogP contribution in [0, 0.1) is 0 Å². The Morgan fingerprint density at radius 3 is 2.76 bits per heavy atom. The monoisotopic (exact) mass is 244 g/mol. The zero-order chi connectivity index (χ0) is 12.0. The minimum Gasteiger partial charge on any atom is -0.382 e. The van der Waals surface area contributed by atoms with Gasteiger partial charge in [-0.2, -0.15) is 0 Å². The molecular weight excluding hydrogens is 236 g/mol. The highest BCUT2D eigenvalue weighted by atomic mass is 32.1. The van der Waals surface area contributed by atoms with Crippen LogP contribution < -0.4 is 11.5 Å². The van der Waals surface area contributed by atoms with Crippen LogP contribution in [0.15, 0.2) is 24.3 Å². The van der Waals surface area contributed by atoms with Gasteiger partial charge >= 0.3 is 0 Å². The molecule has 0 radical (unpaired) electrons. The van der Waals surface area contributed by atoms with Gasteiger partial charge in [-0.15, -0.1) is 21.5 Å². The number of rotatable bonds is 1. The number of thiophene rings is 1. The van der Waals surface area contributed by atoms with Crippen molar-refractivity contribution in [2.24, 2.45) is 5.73 Å². The summed E-state index contributed by atoms with van der Waals surface area (Å²) in [5, 5.41) is 9.28. The number of carbonyl (C=O) groups excluding carboxylic acids is 1. The number of aromatic nitrogens is 2. The molecule has 0 aliphatic rings. The van der Waals surface area contributed by atoms with E-state index in [4.69, 9.17) is 11.5 Å². The Hall–Kier alpha value is -2.21. The quantitative estimate of drug-likeness (QED) is 0.678. The number of hydrogen-bond acceptors (Lipinski definition) is 5. The van der Waals surface area contributed by atoms with Crippen molar-refractivity contribution in [2.75, 3.05) is 5.73 Å². The smallest absolute Gasteiger partial charge is 0.270 e. The lowest BCUT2D eigenvalue weighted by molar-refractivity contribution is 0.0996. The van der Waals surface area contributed by atoms with E-state index in [1.54, 1.807) is 0 Å². The molecule has 0 aliphatic heterocycles. The fourth-order valence-corrected chi connectivity index (χ4v) is 3.03. The first-order valence-corrected chi connectivity index (χ1v) is 5.73. The summed E-state index contributed by atoms with van der Waals surface area (Å²) < 4.78 is 1.73. The van der Waals surface area contributed by atoms with Crippen molar-refractivity contribution < 1.29 is 4.79 Å². The Morgan fingerprint density at radius 1 is 1.24 bits per heavy atom. The molecule has 3 aromatic rings. The van der Waals surface area contributed by atoms with E-state index in [0.29, 0.717) is 10.5 Å². The van der Waals surface area contributed by atoms with E-state index in [-0.39, 0.29) is 5.69 Å². The topological polar surface area (TPSA) is 94.9 Å². The Morgan fingerprint density at radius 2 is 2.00 bits per heavy atom. The molecule has 6 heteroatoms. The molecule has 0 unspecified atom stereocenters. The van der Waals surface area contributed by atoms with E-state index >= 15 is 0 Å². The maximum Gasteiger partial charge on any atom is 0.270 e. The number of nitrogens with two attached hydrogens (primary N) is 2. The number of fused-ring (bicyclic) bond motifs is 3. The molecule has 1 amide bonds. The van der Waals surface area contributed by atoms with Gasteiger partial charge in [-0.3, -0.25) is 4.79 Å². The van der Waals surface area contributed by atoms with Gasteiger partial charge in [0, 0.05) is 15.5 Å². The summed E-state index contributed by atoms with van der Waals surface area (Å²) in [5.41, 5.74) is 11.3. The molecule has 0 atom stereocenters. The summed E-state index contributed by atoms with van der Waals surface area (Å²) in [6, 6.07) is 7.75. The standard InChI is InChI=1S/C11H8N4OS/c12-10-7-5-3-1-2-4-6(5)17-9(7)8(11(13)16)14-15-10/h1-4H,(H2,12,15)(H2,13,16). The van der Waals surface area contributed by atoms with E-state index in [2.05, 4.69) is 10.2 Å². The Kier molecular flexibility index (Phi) is 1.99. The van der Waals surface area contributed by atoms with Crippen molar-refractivity contribution in [3.8, 4) is 0 Å². The van der Waals surface area contributed by atoms with Gasteiger partial charge in [0.2, 0.25) is 0 Å². The van der Waals surface area contributed by atoms with Crippen LogP contribution in [0.2, 0.25) is 0 Å². The van der Waals surface area contributed by atoms with Crippen LogP contribution in [0.1, 0.15) is 10.5 Å². The first-order chi connectivity index (χ1) is 8.18. The van der Waals surface area contributed by atoms with Crippen molar-refractivity contribution in [1.82, 2.24) is 10.2 Å². The highest BCUT2D eigenvalue weighted by Crippen LogP contribution is 2.37. The Bertz CT molecular complexity index is 750. The molecular formula is C11H8N4OS. The molecule has 0 bridgehead atoms.